The van der Waals surface area contributed by atoms with Gasteiger partial charge in [-0.1, -0.05) is 41.4 Å². The van der Waals surface area contributed by atoms with Crippen molar-refractivity contribution < 1.29 is 42.0 Å². The summed E-state index contributed by atoms with van der Waals surface area (Å²) in [4.78, 5) is 35.3. The van der Waals surface area contributed by atoms with E-state index in [4.69, 9.17) is 37.4 Å². The van der Waals surface area contributed by atoms with E-state index in [-0.39, 0.29) is 46.2 Å². The molecule has 3 saturated heterocycles. The van der Waals surface area contributed by atoms with E-state index < -0.39 is 30.9 Å². The molecule has 3 aliphatic rings. The van der Waals surface area contributed by atoms with Crippen molar-refractivity contribution in [3.05, 3.63) is 117 Å². The highest BCUT2D eigenvalue weighted by atomic mass is 35.5. The number of amides is 1. The standard InChI is InChI=1S/C38H38Cl2F2N4O7/c1-23(2)50-34-16-27(9-10-32(34)52-37(41)42)33(17-29-30(39)20-45(49)21-31(29)40)51-36(47)26-7-5-24(6-8-26)19-46(28-4-3-13-43-18-28)38(48)53-35-22-44-14-11-25(35)12-15-44/h3-10,13,16,18,20-21,23,25,33,35,37H,11-12,14-15,17,19,22H2,1-2H3/t33-,35-/m0/s1. The highest BCUT2D eigenvalue weighted by Crippen LogP contribution is 2.37. The van der Waals surface area contributed by atoms with Crippen molar-refractivity contribution in [2.75, 3.05) is 24.5 Å². The number of alkyl halides is 2. The maximum absolute atomic E-state index is 13.7. The highest BCUT2D eigenvalue weighted by Gasteiger charge is 2.37. The van der Waals surface area contributed by atoms with Crippen LogP contribution in [0.15, 0.2) is 79.4 Å². The predicted octanol–water partition coefficient (Wildman–Crippen LogP) is 7.79. The lowest BCUT2D eigenvalue weighted by atomic mass is 9.86. The van der Waals surface area contributed by atoms with E-state index in [9.17, 15) is 23.6 Å². The summed E-state index contributed by atoms with van der Waals surface area (Å²) in [5, 5.41) is 12.0. The van der Waals surface area contributed by atoms with Crippen molar-refractivity contribution in [2.24, 2.45) is 5.92 Å². The molecule has 7 rings (SSSR count). The predicted molar refractivity (Wildman–Crippen MR) is 192 cm³/mol. The Balaban J connectivity index is 1.23. The van der Waals surface area contributed by atoms with Crippen LogP contribution in [0.25, 0.3) is 0 Å². The molecule has 3 fully saturated rings. The van der Waals surface area contributed by atoms with Gasteiger partial charge in [0.2, 0.25) is 0 Å². The smallest absolute Gasteiger partial charge is 0.414 e. The second kappa shape index (κ2) is 17.0. The molecule has 0 aliphatic carbocycles. The van der Waals surface area contributed by atoms with E-state index in [2.05, 4.69) is 14.6 Å². The molecule has 0 saturated carbocycles. The quantitative estimate of drug-likeness (QED) is 0.0763. The number of nitrogens with zero attached hydrogens (tertiary/aromatic N) is 4. The summed E-state index contributed by atoms with van der Waals surface area (Å²) in [5.74, 6) is -0.567. The molecule has 4 aromatic rings. The zero-order valence-electron chi connectivity index (χ0n) is 29.0. The average molecular weight is 772 g/mol. The fraction of sp³-hybridized carbons (Fsp3) is 0.368. The van der Waals surface area contributed by atoms with E-state index in [1.54, 1.807) is 62.6 Å². The Labute approximate surface area is 315 Å². The number of halogens is 4. The van der Waals surface area contributed by atoms with Gasteiger partial charge in [-0.15, -0.1) is 0 Å². The van der Waals surface area contributed by atoms with Gasteiger partial charge >= 0.3 is 18.7 Å². The van der Waals surface area contributed by atoms with Gasteiger partial charge in [0.25, 0.3) is 0 Å². The first kappa shape index (κ1) is 38.0. The Kier molecular flexibility index (Phi) is 12.2. The molecule has 2 aromatic carbocycles. The summed E-state index contributed by atoms with van der Waals surface area (Å²) < 4.78 is 49.3. The third-order valence-corrected chi connectivity index (χ3v) is 9.82. The van der Waals surface area contributed by atoms with Crippen LogP contribution in [0.4, 0.5) is 19.3 Å². The van der Waals surface area contributed by atoms with E-state index in [0.717, 1.165) is 44.9 Å². The second-order valence-corrected chi connectivity index (χ2v) is 14.0. The van der Waals surface area contributed by atoms with Gasteiger partial charge in [-0.3, -0.25) is 14.8 Å². The SMILES string of the molecule is CC(C)Oc1cc([C@H](Cc2c(Cl)c[n+]([O-])cc2Cl)OC(=O)c2ccc(CN(C(=O)O[C@H]3CN4CCC3CC4)c3cccnc3)cc2)ccc1OC(F)F. The summed E-state index contributed by atoms with van der Waals surface area (Å²) >= 11 is 12.8. The van der Waals surface area contributed by atoms with Crippen LogP contribution in [0.1, 0.15) is 59.8 Å². The second-order valence-electron chi connectivity index (χ2n) is 13.2. The van der Waals surface area contributed by atoms with E-state index >= 15 is 0 Å². The first-order chi connectivity index (χ1) is 25.4. The number of carbonyl (C=O) groups excluding carboxylic acids is 2. The zero-order chi connectivity index (χ0) is 37.6. The number of anilines is 1. The van der Waals surface area contributed by atoms with Crippen molar-refractivity contribution in [1.82, 2.24) is 9.88 Å². The number of rotatable bonds is 13. The third-order valence-electron chi connectivity index (χ3n) is 9.17. The molecule has 3 aliphatic heterocycles. The van der Waals surface area contributed by atoms with Crippen LogP contribution >= 0.6 is 23.2 Å². The fourth-order valence-corrected chi connectivity index (χ4v) is 7.14. The number of hydrogen-bond acceptors (Lipinski definition) is 9. The summed E-state index contributed by atoms with van der Waals surface area (Å²) in [6.07, 6.45) is 5.27. The van der Waals surface area contributed by atoms with Crippen LogP contribution < -0.4 is 19.1 Å². The van der Waals surface area contributed by atoms with Gasteiger partial charge in [0.1, 0.15) is 22.3 Å². The number of esters is 1. The molecule has 5 heterocycles. The van der Waals surface area contributed by atoms with E-state index in [1.807, 2.05) is 0 Å². The number of fused-ring (bicyclic) bond motifs is 3. The Morgan fingerprint density at radius 2 is 1.74 bits per heavy atom. The van der Waals surface area contributed by atoms with Gasteiger partial charge in [-0.2, -0.15) is 13.5 Å². The normalized spacial score (nSPS) is 18.5. The Morgan fingerprint density at radius 1 is 1.02 bits per heavy atom. The molecule has 0 unspecified atom stereocenters. The van der Waals surface area contributed by atoms with Crippen LogP contribution in [0.5, 0.6) is 11.5 Å². The zero-order valence-corrected chi connectivity index (χ0v) is 30.5. The van der Waals surface area contributed by atoms with Crippen molar-refractivity contribution in [3.8, 4) is 11.5 Å². The molecule has 11 nitrogen and oxygen atoms in total. The van der Waals surface area contributed by atoms with Crippen LogP contribution in [0.3, 0.4) is 0 Å². The molecule has 280 valence electrons. The van der Waals surface area contributed by atoms with Crippen LogP contribution in [0, 0.1) is 11.1 Å². The van der Waals surface area contributed by atoms with Crippen LogP contribution in [-0.4, -0.2) is 60.4 Å². The van der Waals surface area contributed by atoms with Gasteiger partial charge < -0.3 is 24.2 Å². The number of ether oxygens (including phenoxy) is 4. The van der Waals surface area contributed by atoms with Gasteiger partial charge in [0.15, 0.2) is 23.9 Å². The molecule has 53 heavy (non-hydrogen) atoms. The minimum atomic E-state index is -3.10. The molecule has 15 heteroatoms. The first-order valence-corrected chi connectivity index (χ1v) is 17.9. The lowest BCUT2D eigenvalue weighted by molar-refractivity contribution is -0.605. The Hall–Kier alpha value is -4.72. The van der Waals surface area contributed by atoms with Crippen molar-refractivity contribution >= 4 is 41.0 Å². The Morgan fingerprint density at radius 3 is 2.34 bits per heavy atom. The number of carbonyl (C=O) groups is 2. The minimum absolute atomic E-state index is 0.0102. The van der Waals surface area contributed by atoms with Crippen molar-refractivity contribution in [1.29, 1.82) is 0 Å². The monoisotopic (exact) mass is 770 g/mol. The minimum Gasteiger partial charge on any atom is -0.619 e. The van der Waals surface area contributed by atoms with E-state index in [1.165, 1.54) is 23.1 Å². The number of benzene rings is 2. The summed E-state index contributed by atoms with van der Waals surface area (Å²) in [7, 11) is 0. The third kappa shape index (κ3) is 9.64. The van der Waals surface area contributed by atoms with Gasteiger partial charge in [-0.25, -0.2) is 9.59 Å². The molecular formula is C38H38Cl2F2N4O7. The molecule has 0 N–H and O–H groups in total. The van der Waals surface area contributed by atoms with Crippen LogP contribution in [0.2, 0.25) is 10.0 Å². The molecule has 1 amide bonds. The molecule has 0 spiro atoms. The van der Waals surface area contributed by atoms with Gasteiger partial charge in [0.05, 0.1) is 30.1 Å². The van der Waals surface area contributed by atoms with Crippen LogP contribution in [-0.2, 0) is 22.4 Å². The fourth-order valence-electron chi connectivity index (χ4n) is 6.54. The molecule has 2 bridgehead atoms. The topological polar surface area (TPSA) is 117 Å². The van der Waals surface area contributed by atoms with Gasteiger partial charge in [0, 0.05) is 24.7 Å². The number of pyridine rings is 2. The number of hydrogen-bond donors (Lipinski definition) is 0. The number of aromatic nitrogens is 2. The molecular weight excluding hydrogens is 733 g/mol. The highest BCUT2D eigenvalue weighted by molar-refractivity contribution is 6.35. The molecule has 2 aromatic heterocycles. The largest absolute Gasteiger partial charge is 0.619 e. The summed E-state index contributed by atoms with van der Waals surface area (Å²) in [6.45, 7) is 3.26. The Bertz CT molecular complexity index is 1870. The van der Waals surface area contributed by atoms with Crippen molar-refractivity contribution in [2.45, 2.75) is 64.6 Å². The summed E-state index contributed by atoms with van der Waals surface area (Å²) in [6, 6.07) is 14.3. The van der Waals surface area contributed by atoms with Gasteiger partial charge in [-0.05, 0) is 93.2 Å². The molecule has 0 radical (unpaired) electrons. The summed E-state index contributed by atoms with van der Waals surface area (Å²) in [5.41, 5.74) is 2.17. The van der Waals surface area contributed by atoms with Crippen molar-refractivity contribution in [3.63, 3.8) is 0 Å². The number of piperidine rings is 3. The van der Waals surface area contributed by atoms with E-state index in [0.29, 0.717) is 33.0 Å². The maximum Gasteiger partial charge on any atom is 0.414 e. The maximum atomic E-state index is 13.7. The lowest BCUT2D eigenvalue weighted by Crippen LogP contribution is -2.53. The molecule has 2 atom stereocenters. The first-order valence-electron chi connectivity index (χ1n) is 17.2. The lowest BCUT2D eigenvalue weighted by Gasteiger charge is -2.44. The average Bonchev–Trinajstić information content (AvgIpc) is 3.13.